The zero-order valence-corrected chi connectivity index (χ0v) is 13.0. The number of benzene rings is 2. The molecule has 0 unspecified atom stereocenters. The third kappa shape index (κ3) is 2.17. The predicted octanol–water partition coefficient (Wildman–Crippen LogP) is 4.87. The molecule has 0 atom stereocenters. The van der Waals surface area contributed by atoms with Gasteiger partial charge in [-0.2, -0.15) is 0 Å². The molecule has 1 aromatic heterocycles. The van der Waals surface area contributed by atoms with Crippen LogP contribution in [-0.4, -0.2) is 12.0 Å². The maximum atomic E-state index is 4.97. The number of pyridine rings is 1. The lowest BCUT2D eigenvalue weighted by Gasteiger charge is -2.16. The highest BCUT2D eigenvalue weighted by molar-refractivity contribution is 5.98. The summed E-state index contributed by atoms with van der Waals surface area (Å²) in [7, 11) is 1.98. The average Bonchev–Trinajstić information content (AvgIpc) is 2.51. The SMILES string of the molecule is CNc1c(C)c(-c2ccccc2)nc2c(C)c(C)ccc12. The van der Waals surface area contributed by atoms with Gasteiger partial charge in [0.1, 0.15) is 0 Å². The Hall–Kier alpha value is -2.35. The first kappa shape index (κ1) is 13.6. The number of nitrogens with one attached hydrogen (secondary N) is 1. The van der Waals surface area contributed by atoms with Crippen LogP contribution in [0.5, 0.6) is 0 Å². The maximum Gasteiger partial charge on any atom is 0.0762 e. The average molecular weight is 276 g/mol. The van der Waals surface area contributed by atoms with Crippen molar-refractivity contribution in [1.82, 2.24) is 4.98 Å². The van der Waals surface area contributed by atoms with Crippen molar-refractivity contribution in [3.63, 3.8) is 0 Å². The topological polar surface area (TPSA) is 24.9 Å². The van der Waals surface area contributed by atoms with Crippen molar-refractivity contribution in [3.05, 3.63) is 59.2 Å². The van der Waals surface area contributed by atoms with Crippen molar-refractivity contribution in [2.75, 3.05) is 12.4 Å². The van der Waals surface area contributed by atoms with E-state index in [1.165, 1.54) is 27.8 Å². The van der Waals surface area contributed by atoms with Gasteiger partial charge in [-0.25, -0.2) is 4.98 Å². The van der Waals surface area contributed by atoms with E-state index >= 15 is 0 Å². The summed E-state index contributed by atoms with van der Waals surface area (Å²) in [6, 6.07) is 14.7. The molecular weight excluding hydrogens is 256 g/mol. The zero-order chi connectivity index (χ0) is 15.0. The van der Waals surface area contributed by atoms with Gasteiger partial charge in [0.25, 0.3) is 0 Å². The minimum atomic E-state index is 1.06. The predicted molar refractivity (Wildman–Crippen MR) is 90.9 cm³/mol. The van der Waals surface area contributed by atoms with Crippen molar-refractivity contribution in [2.45, 2.75) is 20.8 Å². The maximum absolute atomic E-state index is 4.97. The minimum Gasteiger partial charge on any atom is -0.387 e. The Morgan fingerprint density at radius 3 is 2.24 bits per heavy atom. The Kier molecular flexibility index (Phi) is 3.38. The van der Waals surface area contributed by atoms with Gasteiger partial charge in [-0.05, 0) is 37.5 Å². The van der Waals surface area contributed by atoms with Gasteiger partial charge in [-0.15, -0.1) is 0 Å². The van der Waals surface area contributed by atoms with Gasteiger partial charge < -0.3 is 5.32 Å². The van der Waals surface area contributed by atoms with Crippen LogP contribution < -0.4 is 5.32 Å². The summed E-state index contributed by atoms with van der Waals surface area (Å²) in [5, 5.41) is 4.55. The molecule has 0 fully saturated rings. The van der Waals surface area contributed by atoms with Crippen molar-refractivity contribution in [2.24, 2.45) is 0 Å². The minimum absolute atomic E-state index is 1.06. The number of fused-ring (bicyclic) bond motifs is 1. The Bertz CT molecular complexity index is 805. The number of hydrogen-bond acceptors (Lipinski definition) is 2. The van der Waals surface area contributed by atoms with Gasteiger partial charge >= 0.3 is 0 Å². The van der Waals surface area contributed by atoms with Gasteiger partial charge in [-0.3, -0.25) is 0 Å². The second kappa shape index (κ2) is 5.21. The van der Waals surface area contributed by atoms with Gasteiger partial charge in [0, 0.05) is 23.7 Å². The molecule has 0 aliphatic carbocycles. The quantitative estimate of drug-likeness (QED) is 0.722. The zero-order valence-electron chi connectivity index (χ0n) is 13.0. The molecule has 2 heteroatoms. The van der Waals surface area contributed by atoms with Gasteiger partial charge in [0.05, 0.1) is 11.2 Å². The number of aromatic nitrogens is 1. The van der Waals surface area contributed by atoms with Crippen molar-refractivity contribution >= 4 is 16.6 Å². The summed E-state index contributed by atoms with van der Waals surface area (Å²) in [6.45, 7) is 6.42. The Morgan fingerprint density at radius 2 is 1.57 bits per heavy atom. The molecule has 0 aliphatic rings. The molecule has 2 aromatic carbocycles. The molecule has 0 bridgehead atoms. The number of rotatable bonds is 2. The summed E-state index contributed by atoms with van der Waals surface area (Å²) < 4.78 is 0. The lowest BCUT2D eigenvalue weighted by molar-refractivity contribution is 1.27. The molecule has 0 saturated heterocycles. The van der Waals surface area contributed by atoms with Gasteiger partial charge in [0.15, 0.2) is 0 Å². The van der Waals surface area contributed by atoms with Crippen molar-refractivity contribution < 1.29 is 0 Å². The Balaban J connectivity index is 2.42. The number of aryl methyl sites for hydroxylation is 2. The fourth-order valence-electron chi connectivity index (χ4n) is 2.86. The number of anilines is 1. The molecule has 1 N–H and O–H groups in total. The molecule has 0 amide bonds. The van der Waals surface area contributed by atoms with Crippen LogP contribution in [0.25, 0.3) is 22.2 Å². The first-order chi connectivity index (χ1) is 10.1. The third-order valence-corrected chi connectivity index (χ3v) is 4.22. The lowest BCUT2D eigenvalue weighted by Crippen LogP contribution is -2.00. The van der Waals surface area contributed by atoms with Crippen LogP contribution in [-0.2, 0) is 0 Å². The molecular formula is C19H20N2. The lowest BCUT2D eigenvalue weighted by atomic mass is 9.98. The van der Waals surface area contributed by atoms with Gasteiger partial charge in [0.2, 0.25) is 0 Å². The van der Waals surface area contributed by atoms with Crippen LogP contribution in [0.1, 0.15) is 16.7 Å². The highest BCUT2D eigenvalue weighted by atomic mass is 14.8. The van der Waals surface area contributed by atoms with E-state index < -0.39 is 0 Å². The Labute approximate surface area is 125 Å². The summed E-state index contributed by atoms with van der Waals surface area (Å²) >= 11 is 0. The second-order valence-electron chi connectivity index (χ2n) is 5.48. The van der Waals surface area contributed by atoms with E-state index in [1.807, 2.05) is 13.1 Å². The molecule has 3 rings (SSSR count). The van der Waals surface area contributed by atoms with Crippen LogP contribution in [0.15, 0.2) is 42.5 Å². The molecule has 0 spiro atoms. The van der Waals surface area contributed by atoms with Crippen LogP contribution in [0.2, 0.25) is 0 Å². The van der Waals surface area contributed by atoms with Gasteiger partial charge in [-0.1, -0.05) is 42.5 Å². The standard InChI is InChI=1S/C19H20N2/c1-12-10-11-16-18(20-4)14(3)17(21-19(16)13(12)2)15-8-6-5-7-9-15/h5-11H,1-4H3,(H,20,21). The monoisotopic (exact) mass is 276 g/mol. The second-order valence-corrected chi connectivity index (χ2v) is 5.48. The summed E-state index contributed by atoms with van der Waals surface area (Å²) in [5.74, 6) is 0. The van der Waals surface area contributed by atoms with E-state index in [4.69, 9.17) is 4.98 Å². The number of hydrogen-bond donors (Lipinski definition) is 1. The molecule has 0 aliphatic heterocycles. The van der Waals surface area contributed by atoms with E-state index in [1.54, 1.807) is 0 Å². The molecule has 3 aromatic rings. The molecule has 1 heterocycles. The molecule has 106 valence electrons. The summed E-state index contributed by atoms with van der Waals surface area (Å²) in [6.07, 6.45) is 0. The van der Waals surface area contributed by atoms with Crippen molar-refractivity contribution in [1.29, 1.82) is 0 Å². The Morgan fingerprint density at radius 1 is 0.857 bits per heavy atom. The fraction of sp³-hybridized carbons (Fsp3) is 0.211. The van der Waals surface area contributed by atoms with Crippen LogP contribution in [0.4, 0.5) is 5.69 Å². The van der Waals surface area contributed by atoms with Crippen LogP contribution in [0.3, 0.4) is 0 Å². The smallest absolute Gasteiger partial charge is 0.0762 e. The van der Waals surface area contributed by atoms with E-state index in [9.17, 15) is 0 Å². The number of nitrogens with zero attached hydrogens (tertiary/aromatic N) is 1. The third-order valence-electron chi connectivity index (χ3n) is 4.22. The highest BCUT2D eigenvalue weighted by Gasteiger charge is 2.14. The van der Waals surface area contributed by atoms with E-state index in [0.717, 1.165) is 16.8 Å². The largest absolute Gasteiger partial charge is 0.387 e. The van der Waals surface area contributed by atoms with E-state index in [0.29, 0.717) is 0 Å². The highest BCUT2D eigenvalue weighted by Crippen LogP contribution is 2.34. The van der Waals surface area contributed by atoms with E-state index in [-0.39, 0.29) is 0 Å². The molecule has 0 saturated carbocycles. The van der Waals surface area contributed by atoms with Crippen LogP contribution in [0, 0.1) is 20.8 Å². The molecule has 0 radical (unpaired) electrons. The summed E-state index contributed by atoms with van der Waals surface area (Å²) in [5.41, 5.74) is 8.20. The normalized spacial score (nSPS) is 10.9. The molecule has 21 heavy (non-hydrogen) atoms. The van der Waals surface area contributed by atoms with Crippen LogP contribution >= 0.6 is 0 Å². The van der Waals surface area contributed by atoms with Crippen molar-refractivity contribution in [3.8, 4) is 11.3 Å². The first-order valence-electron chi connectivity index (χ1n) is 7.27. The fourth-order valence-corrected chi connectivity index (χ4v) is 2.86. The van der Waals surface area contributed by atoms with E-state index in [2.05, 4.69) is 62.5 Å². The summed E-state index contributed by atoms with van der Waals surface area (Å²) in [4.78, 5) is 4.97. The first-order valence-corrected chi connectivity index (χ1v) is 7.27. The molecule has 2 nitrogen and oxygen atoms in total.